The maximum atomic E-state index is 13.0. The minimum atomic E-state index is -0.271. The van der Waals surface area contributed by atoms with Crippen LogP contribution in [0.25, 0.3) is 11.3 Å². The number of carbonyl (C=O) groups is 1. The van der Waals surface area contributed by atoms with Crippen LogP contribution in [0.15, 0.2) is 59.7 Å². The molecule has 0 unspecified atom stereocenters. The fraction of sp³-hybridized carbons (Fsp3) is 0.280. The zero-order chi connectivity index (χ0) is 24.2. The topological polar surface area (TPSA) is 90.5 Å². The smallest absolute Gasteiger partial charge is 0.300 e. The van der Waals surface area contributed by atoms with Gasteiger partial charge in [0.05, 0.1) is 6.61 Å². The van der Waals surface area contributed by atoms with Crippen LogP contribution in [0.2, 0.25) is 5.02 Å². The van der Waals surface area contributed by atoms with Crippen molar-refractivity contribution in [1.82, 2.24) is 19.2 Å². The highest BCUT2D eigenvalue weighted by Crippen LogP contribution is 2.21. The Balaban J connectivity index is 1.46. The van der Waals surface area contributed by atoms with Gasteiger partial charge in [0.2, 0.25) is 11.6 Å². The van der Waals surface area contributed by atoms with Crippen molar-refractivity contribution in [2.24, 2.45) is 5.92 Å². The molecule has 4 rings (SSSR count). The fourth-order valence-corrected chi connectivity index (χ4v) is 3.91. The summed E-state index contributed by atoms with van der Waals surface area (Å²) in [6.07, 6.45) is 4.25. The standard InChI is InChI=1S/C25H26ClN5O3/c1-4-34-20-9-7-19(8-10-20)30-11-12-31-22(28-29-24(31)25(30)33)13-16(2)14-23(32)27-18-6-5-17(3)21(26)15-18/h5-12,15-16H,4,13-14H2,1-3H3,(H,27,32)/t16-/m1/s1. The first-order valence-electron chi connectivity index (χ1n) is 11.1. The summed E-state index contributed by atoms with van der Waals surface area (Å²) in [5.41, 5.74) is 2.29. The molecule has 1 N–H and O–H groups in total. The molecule has 0 aliphatic rings. The summed E-state index contributed by atoms with van der Waals surface area (Å²) in [5, 5.41) is 11.8. The summed E-state index contributed by atoms with van der Waals surface area (Å²) in [5.74, 6) is 1.25. The van der Waals surface area contributed by atoms with E-state index in [0.717, 1.165) is 11.3 Å². The zero-order valence-electron chi connectivity index (χ0n) is 19.3. The van der Waals surface area contributed by atoms with E-state index in [9.17, 15) is 9.59 Å². The second-order valence-corrected chi connectivity index (χ2v) is 8.64. The molecule has 0 saturated carbocycles. The molecular weight excluding hydrogens is 454 g/mol. The first-order chi connectivity index (χ1) is 16.4. The molecule has 4 aromatic rings. The molecule has 0 spiro atoms. The number of anilines is 1. The third-order valence-corrected chi connectivity index (χ3v) is 5.89. The number of hydrogen-bond donors (Lipinski definition) is 1. The number of nitrogens with zero attached hydrogens (tertiary/aromatic N) is 4. The SMILES string of the molecule is CCOc1ccc(-n2ccn3c(C[C@@H](C)CC(=O)Nc4ccc(C)c(Cl)c4)nnc3c2=O)cc1. The first kappa shape index (κ1) is 23.5. The van der Waals surface area contributed by atoms with Gasteiger partial charge in [0.15, 0.2) is 0 Å². The fourth-order valence-electron chi connectivity index (χ4n) is 3.73. The Labute approximate surface area is 202 Å². The number of hydrogen-bond acceptors (Lipinski definition) is 5. The monoisotopic (exact) mass is 479 g/mol. The third kappa shape index (κ3) is 5.12. The Morgan fingerprint density at radius 3 is 2.62 bits per heavy atom. The Kier molecular flexibility index (Phi) is 6.98. The number of amides is 1. The zero-order valence-corrected chi connectivity index (χ0v) is 20.0. The quantitative estimate of drug-likeness (QED) is 0.403. The Hall–Kier alpha value is -3.65. The number of fused-ring (bicyclic) bond motifs is 1. The molecule has 9 heteroatoms. The van der Waals surface area contributed by atoms with Gasteiger partial charge in [-0.25, -0.2) is 0 Å². The van der Waals surface area contributed by atoms with Crippen molar-refractivity contribution in [3.63, 3.8) is 0 Å². The highest BCUT2D eigenvalue weighted by atomic mass is 35.5. The Morgan fingerprint density at radius 1 is 1.15 bits per heavy atom. The molecule has 0 aliphatic heterocycles. The van der Waals surface area contributed by atoms with E-state index < -0.39 is 0 Å². The minimum absolute atomic E-state index is 0.0122. The van der Waals surface area contributed by atoms with E-state index in [1.165, 1.54) is 4.57 Å². The molecule has 0 radical (unpaired) electrons. The Morgan fingerprint density at radius 2 is 1.91 bits per heavy atom. The van der Waals surface area contributed by atoms with Crippen molar-refractivity contribution in [3.8, 4) is 11.4 Å². The lowest BCUT2D eigenvalue weighted by Crippen LogP contribution is -2.21. The molecule has 2 aromatic carbocycles. The summed E-state index contributed by atoms with van der Waals surface area (Å²) >= 11 is 6.13. The van der Waals surface area contributed by atoms with Crippen LogP contribution < -0.4 is 15.6 Å². The number of ether oxygens (including phenoxy) is 1. The summed E-state index contributed by atoms with van der Waals surface area (Å²) in [4.78, 5) is 25.5. The van der Waals surface area contributed by atoms with Crippen molar-refractivity contribution in [1.29, 1.82) is 0 Å². The van der Waals surface area contributed by atoms with Gasteiger partial charge in [0, 0.05) is 41.6 Å². The van der Waals surface area contributed by atoms with E-state index in [1.807, 2.05) is 57.2 Å². The van der Waals surface area contributed by atoms with Gasteiger partial charge in [-0.2, -0.15) is 0 Å². The number of aryl methyl sites for hydroxylation is 1. The number of carbonyl (C=O) groups excluding carboxylic acids is 1. The van der Waals surface area contributed by atoms with E-state index in [2.05, 4.69) is 15.5 Å². The number of benzene rings is 2. The number of halogens is 1. The Bertz CT molecular complexity index is 1380. The van der Waals surface area contributed by atoms with Crippen molar-refractivity contribution in [3.05, 3.63) is 81.6 Å². The minimum Gasteiger partial charge on any atom is -0.494 e. The van der Waals surface area contributed by atoms with Crippen LogP contribution in [0, 0.1) is 12.8 Å². The second kappa shape index (κ2) is 10.1. The van der Waals surface area contributed by atoms with Crippen LogP contribution in [0.3, 0.4) is 0 Å². The van der Waals surface area contributed by atoms with Gasteiger partial charge in [0.25, 0.3) is 0 Å². The molecule has 34 heavy (non-hydrogen) atoms. The second-order valence-electron chi connectivity index (χ2n) is 8.24. The summed E-state index contributed by atoms with van der Waals surface area (Å²) in [6.45, 7) is 6.37. The van der Waals surface area contributed by atoms with Crippen LogP contribution in [-0.2, 0) is 11.2 Å². The number of aromatic nitrogens is 4. The lowest BCUT2D eigenvalue weighted by atomic mass is 10.0. The van der Waals surface area contributed by atoms with Crippen LogP contribution in [0.5, 0.6) is 5.75 Å². The van der Waals surface area contributed by atoms with Gasteiger partial charge in [-0.05, 0) is 61.7 Å². The highest BCUT2D eigenvalue weighted by molar-refractivity contribution is 6.31. The van der Waals surface area contributed by atoms with Gasteiger partial charge in [0.1, 0.15) is 11.6 Å². The highest BCUT2D eigenvalue weighted by Gasteiger charge is 2.16. The molecule has 0 saturated heterocycles. The lowest BCUT2D eigenvalue weighted by molar-refractivity contribution is -0.116. The van der Waals surface area contributed by atoms with Crippen LogP contribution in [0.1, 0.15) is 31.7 Å². The molecule has 8 nitrogen and oxygen atoms in total. The van der Waals surface area contributed by atoms with Crippen LogP contribution in [0.4, 0.5) is 5.69 Å². The van der Waals surface area contributed by atoms with E-state index in [-0.39, 0.29) is 23.0 Å². The van der Waals surface area contributed by atoms with Gasteiger partial charge in [-0.1, -0.05) is 24.6 Å². The largest absolute Gasteiger partial charge is 0.494 e. The average Bonchev–Trinajstić information content (AvgIpc) is 3.21. The van der Waals surface area contributed by atoms with Gasteiger partial charge in [-0.3, -0.25) is 18.6 Å². The molecule has 0 fully saturated rings. The average molecular weight is 480 g/mol. The van der Waals surface area contributed by atoms with Crippen molar-refractivity contribution < 1.29 is 9.53 Å². The van der Waals surface area contributed by atoms with Gasteiger partial charge < -0.3 is 10.1 Å². The van der Waals surface area contributed by atoms with E-state index in [1.54, 1.807) is 22.9 Å². The molecule has 2 heterocycles. The summed E-state index contributed by atoms with van der Waals surface area (Å²) < 4.78 is 8.66. The molecule has 176 valence electrons. The molecule has 1 atom stereocenters. The van der Waals surface area contributed by atoms with Crippen molar-refractivity contribution >= 4 is 28.8 Å². The maximum Gasteiger partial charge on any atom is 0.300 e. The van der Waals surface area contributed by atoms with Crippen molar-refractivity contribution in [2.45, 2.75) is 33.6 Å². The van der Waals surface area contributed by atoms with Gasteiger partial charge >= 0.3 is 5.56 Å². The summed E-state index contributed by atoms with van der Waals surface area (Å²) in [7, 11) is 0. The van der Waals surface area contributed by atoms with E-state index in [4.69, 9.17) is 16.3 Å². The number of nitrogens with one attached hydrogen (secondary N) is 1. The first-order valence-corrected chi connectivity index (χ1v) is 11.5. The normalized spacial score (nSPS) is 12.0. The predicted molar refractivity (Wildman–Crippen MR) is 132 cm³/mol. The van der Waals surface area contributed by atoms with E-state index >= 15 is 0 Å². The van der Waals surface area contributed by atoms with Crippen LogP contribution in [-0.4, -0.2) is 31.7 Å². The van der Waals surface area contributed by atoms with E-state index in [0.29, 0.717) is 41.7 Å². The lowest BCUT2D eigenvalue weighted by Gasteiger charge is -2.12. The van der Waals surface area contributed by atoms with Crippen LogP contribution >= 0.6 is 11.6 Å². The molecule has 2 aromatic heterocycles. The third-order valence-electron chi connectivity index (χ3n) is 5.49. The molecule has 0 bridgehead atoms. The number of rotatable bonds is 8. The summed E-state index contributed by atoms with van der Waals surface area (Å²) in [6, 6.07) is 12.7. The predicted octanol–water partition coefficient (Wildman–Crippen LogP) is 4.45. The molecule has 0 aliphatic carbocycles. The maximum absolute atomic E-state index is 13.0. The molecule has 1 amide bonds. The van der Waals surface area contributed by atoms with Crippen molar-refractivity contribution in [2.75, 3.05) is 11.9 Å². The van der Waals surface area contributed by atoms with Gasteiger partial charge in [-0.15, -0.1) is 10.2 Å². The molecular formula is C25H26ClN5O3.